The predicted octanol–water partition coefficient (Wildman–Crippen LogP) is 2.96. The topological polar surface area (TPSA) is 95.6 Å². The van der Waals surface area contributed by atoms with E-state index in [0.717, 1.165) is 66.8 Å². The molecule has 1 aromatic carbocycles. The third-order valence-corrected chi connectivity index (χ3v) is 5.75. The first-order valence-electron chi connectivity index (χ1n) is 10.2. The van der Waals surface area contributed by atoms with Gasteiger partial charge in [-0.2, -0.15) is 0 Å². The largest absolute Gasteiger partial charge is 0.369 e. The van der Waals surface area contributed by atoms with E-state index >= 15 is 0 Å². The van der Waals surface area contributed by atoms with Crippen LogP contribution in [0.25, 0.3) is 0 Å². The van der Waals surface area contributed by atoms with Gasteiger partial charge in [-0.1, -0.05) is 35.9 Å². The standard InChI is InChI=1S/C22H29ClN6O.HI/c1-25-22(27-12-8-16-5-2-3-7-19(16)23)28-15-18-6-4-11-26-21(18)29-13-9-17(10-14-29)20(24)30;/h2-7,11,17H,8-10,12-15H2,1H3,(H2,24,30)(H2,25,27,28);1H. The van der Waals surface area contributed by atoms with Gasteiger partial charge in [0.15, 0.2) is 5.96 Å². The molecular formula is C22H30ClIN6O. The van der Waals surface area contributed by atoms with Crippen LogP contribution in [0.15, 0.2) is 47.6 Å². The van der Waals surface area contributed by atoms with Crippen molar-refractivity contribution in [2.75, 3.05) is 31.6 Å². The Bertz CT molecular complexity index is 886. The SMILES string of the molecule is CN=C(NCCc1ccccc1Cl)NCc1cccnc1N1CCC(C(N)=O)CC1.I. The number of pyridine rings is 1. The number of aromatic nitrogens is 1. The van der Waals surface area contributed by atoms with Gasteiger partial charge >= 0.3 is 0 Å². The molecule has 1 saturated heterocycles. The first-order chi connectivity index (χ1) is 14.6. The fraction of sp³-hybridized carbons (Fsp3) is 0.409. The molecule has 0 bridgehead atoms. The van der Waals surface area contributed by atoms with Crippen molar-refractivity contribution >= 4 is 53.3 Å². The number of hydrogen-bond donors (Lipinski definition) is 3. The lowest BCUT2D eigenvalue weighted by Crippen LogP contribution is -2.40. The maximum absolute atomic E-state index is 11.4. The highest BCUT2D eigenvalue weighted by Crippen LogP contribution is 2.24. The maximum Gasteiger partial charge on any atom is 0.220 e. The monoisotopic (exact) mass is 556 g/mol. The summed E-state index contributed by atoms with van der Waals surface area (Å²) in [5.41, 5.74) is 7.65. The molecule has 1 amide bonds. The number of guanidine groups is 1. The number of halogens is 2. The van der Waals surface area contributed by atoms with Crippen molar-refractivity contribution in [1.29, 1.82) is 0 Å². The first-order valence-corrected chi connectivity index (χ1v) is 10.6. The highest BCUT2D eigenvalue weighted by atomic mass is 127. The van der Waals surface area contributed by atoms with Gasteiger partial charge in [0.25, 0.3) is 0 Å². The van der Waals surface area contributed by atoms with Crippen molar-refractivity contribution < 1.29 is 4.79 Å². The third kappa shape index (κ3) is 7.24. The summed E-state index contributed by atoms with van der Waals surface area (Å²) in [7, 11) is 1.75. The molecule has 0 radical (unpaired) electrons. The summed E-state index contributed by atoms with van der Waals surface area (Å²) in [6, 6.07) is 11.9. The zero-order chi connectivity index (χ0) is 21.3. The average molecular weight is 557 g/mol. The molecule has 0 unspecified atom stereocenters. The third-order valence-electron chi connectivity index (χ3n) is 5.38. The Morgan fingerprint density at radius 1 is 1.19 bits per heavy atom. The van der Waals surface area contributed by atoms with Gasteiger partial charge < -0.3 is 21.3 Å². The number of piperidine rings is 1. The van der Waals surface area contributed by atoms with Crippen molar-refractivity contribution in [2.24, 2.45) is 16.6 Å². The summed E-state index contributed by atoms with van der Waals surface area (Å²) in [5.74, 6) is 1.43. The molecule has 1 aliphatic heterocycles. The van der Waals surface area contributed by atoms with Crippen molar-refractivity contribution in [3.8, 4) is 0 Å². The van der Waals surface area contributed by atoms with Gasteiger partial charge in [-0.15, -0.1) is 24.0 Å². The van der Waals surface area contributed by atoms with Crippen LogP contribution in [-0.4, -0.2) is 43.5 Å². The summed E-state index contributed by atoms with van der Waals surface area (Å²) in [4.78, 5) is 22.5. The van der Waals surface area contributed by atoms with Crippen LogP contribution in [0.2, 0.25) is 5.02 Å². The Morgan fingerprint density at radius 2 is 1.90 bits per heavy atom. The van der Waals surface area contributed by atoms with E-state index in [1.54, 1.807) is 13.2 Å². The number of carbonyl (C=O) groups excluding carboxylic acids is 1. The lowest BCUT2D eigenvalue weighted by molar-refractivity contribution is -0.122. The quantitative estimate of drug-likeness (QED) is 0.277. The number of nitrogens with one attached hydrogen (secondary N) is 2. The van der Waals surface area contributed by atoms with E-state index in [0.29, 0.717) is 6.54 Å². The van der Waals surface area contributed by atoms with E-state index in [2.05, 4.69) is 31.6 Å². The molecular weight excluding hydrogens is 527 g/mol. The van der Waals surface area contributed by atoms with Gasteiger partial charge in [0.2, 0.25) is 5.91 Å². The number of nitrogens with zero attached hydrogens (tertiary/aromatic N) is 3. The second-order valence-corrected chi connectivity index (χ2v) is 7.75. The average Bonchev–Trinajstić information content (AvgIpc) is 2.77. The molecule has 31 heavy (non-hydrogen) atoms. The molecule has 0 aliphatic carbocycles. The molecule has 1 aromatic heterocycles. The lowest BCUT2D eigenvalue weighted by atomic mass is 9.96. The summed E-state index contributed by atoms with van der Waals surface area (Å²) in [5, 5.41) is 7.47. The van der Waals surface area contributed by atoms with Crippen LogP contribution in [0.4, 0.5) is 5.82 Å². The number of hydrogen-bond acceptors (Lipinski definition) is 4. The molecule has 0 saturated carbocycles. The van der Waals surface area contributed by atoms with Crippen molar-refractivity contribution in [3.63, 3.8) is 0 Å². The molecule has 1 aliphatic rings. The molecule has 4 N–H and O–H groups in total. The van der Waals surface area contributed by atoms with Crippen LogP contribution >= 0.6 is 35.6 Å². The summed E-state index contributed by atoms with van der Waals surface area (Å²) >= 11 is 6.22. The number of aliphatic imine (C=N–C) groups is 1. The predicted molar refractivity (Wildman–Crippen MR) is 137 cm³/mol. The molecule has 7 nitrogen and oxygen atoms in total. The van der Waals surface area contributed by atoms with Gasteiger partial charge in [0, 0.05) is 55.9 Å². The zero-order valence-corrected chi connectivity index (χ0v) is 20.8. The van der Waals surface area contributed by atoms with Crippen molar-refractivity contribution in [1.82, 2.24) is 15.6 Å². The minimum absolute atomic E-state index is 0. The Morgan fingerprint density at radius 3 is 2.58 bits per heavy atom. The van der Waals surface area contributed by atoms with Gasteiger partial charge in [-0.05, 0) is 37.0 Å². The Kier molecular flexibility index (Phi) is 10.3. The molecule has 0 spiro atoms. The molecule has 9 heteroatoms. The number of amides is 1. The van der Waals surface area contributed by atoms with E-state index in [1.165, 1.54) is 0 Å². The Hall–Kier alpha value is -2.07. The van der Waals surface area contributed by atoms with Crippen molar-refractivity contribution in [3.05, 3.63) is 58.7 Å². The van der Waals surface area contributed by atoms with Crippen LogP contribution < -0.4 is 21.3 Å². The molecule has 2 aromatic rings. The van der Waals surface area contributed by atoms with E-state index in [-0.39, 0.29) is 35.8 Å². The normalized spacial score (nSPS) is 14.6. The molecule has 0 atom stereocenters. The maximum atomic E-state index is 11.4. The van der Waals surface area contributed by atoms with Crippen LogP contribution in [0.5, 0.6) is 0 Å². The number of nitrogens with two attached hydrogens (primary N) is 1. The van der Waals surface area contributed by atoms with E-state index in [1.807, 2.05) is 30.3 Å². The summed E-state index contributed by atoms with van der Waals surface area (Å²) in [6.07, 6.45) is 4.15. The van der Waals surface area contributed by atoms with Gasteiger partial charge in [0.1, 0.15) is 5.82 Å². The second kappa shape index (κ2) is 12.7. The van der Waals surface area contributed by atoms with Crippen LogP contribution in [0.1, 0.15) is 24.0 Å². The minimum atomic E-state index is -0.204. The van der Waals surface area contributed by atoms with E-state index < -0.39 is 0 Å². The fourth-order valence-electron chi connectivity index (χ4n) is 3.65. The zero-order valence-electron chi connectivity index (χ0n) is 17.7. The van der Waals surface area contributed by atoms with Crippen molar-refractivity contribution in [2.45, 2.75) is 25.8 Å². The van der Waals surface area contributed by atoms with Crippen LogP contribution in [0, 0.1) is 5.92 Å². The highest BCUT2D eigenvalue weighted by Gasteiger charge is 2.24. The highest BCUT2D eigenvalue weighted by molar-refractivity contribution is 14.0. The lowest BCUT2D eigenvalue weighted by Gasteiger charge is -2.32. The number of benzene rings is 1. The summed E-state index contributed by atoms with van der Waals surface area (Å²) < 4.78 is 0. The second-order valence-electron chi connectivity index (χ2n) is 7.34. The number of anilines is 1. The summed E-state index contributed by atoms with van der Waals surface area (Å²) in [6.45, 7) is 2.89. The first kappa shape index (κ1) is 25.2. The number of rotatable bonds is 7. The molecule has 2 heterocycles. The van der Waals surface area contributed by atoms with Crippen LogP contribution in [0.3, 0.4) is 0 Å². The minimum Gasteiger partial charge on any atom is -0.369 e. The molecule has 3 rings (SSSR count). The van der Waals surface area contributed by atoms with Gasteiger partial charge in [0.05, 0.1) is 0 Å². The van der Waals surface area contributed by atoms with Gasteiger partial charge in [-0.3, -0.25) is 9.79 Å². The Balaban J connectivity index is 0.00000341. The smallest absolute Gasteiger partial charge is 0.220 e. The number of carbonyl (C=O) groups is 1. The molecule has 1 fully saturated rings. The van der Waals surface area contributed by atoms with E-state index in [9.17, 15) is 4.79 Å². The molecule has 168 valence electrons. The Labute approximate surface area is 205 Å². The van der Waals surface area contributed by atoms with Crippen LogP contribution in [-0.2, 0) is 17.8 Å². The van der Waals surface area contributed by atoms with E-state index in [4.69, 9.17) is 17.3 Å². The fourth-order valence-corrected chi connectivity index (χ4v) is 3.88. The van der Waals surface area contributed by atoms with Gasteiger partial charge in [-0.25, -0.2) is 4.98 Å². The number of primary amides is 1.